The minimum atomic E-state index is -0.731. The second-order valence-corrected chi connectivity index (χ2v) is 6.77. The van der Waals surface area contributed by atoms with Gasteiger partial charge in [0, 0.05) is 29.7 Å². The van der Waals surface area contributed by atoms with Crippen molar-refractivity contribution in [1.82, 2.24) is 14.8 Å². The van der Waals surface area contributed by atoms with Crippen molar-refractivity contribution in [3.05, 3.63) is 71.4 Å². The molecule has 3 aromatic rings. The highest BCUT2D eigenvalue weighted by atomic mass is 16.5. The Morgan fingerprint density at radius 1 is 1.03 bits per heavy atom. The van der Waals surface area contributed by atoms with Gasteiger partial charge in [-0.1, -0.05) is 30.3 Å². The van der Waals surface area contributed by atoms with E-state index in [1.165, 1.54) is 6.08 Å². The van der Waals surface area contributed by atoms with Crippen molar-refractivity contribution in [1.29, 1.82) is 0 Å². The number of urea groups is 1. The minimum Gasteiger partial charge on any atom is -0.497 e. The topological polar surface area (TPSA) is 80.6 Å². The van der Waals surface area contributed by atoms with Crippen molar-refractivity contribution in [2.45, 2.75) is 6.54 Å². The summed E-state index contributed by atoms with van der Waals surface area (Å²) in [7, 11) is 3.46. The van der Waals surface area contributed by atoms with Crippen LogP contribution in [0.15, 0.2) is 60.3 Å². The Morgan fingerprint density at radius 2 is 1.76 bits per heavy atom. The fraction of sp³-hybridized carbons (Fsp3) is 0.136. The van der Waals surface area contributed by atoms with Gasteiger partial charge in [-0.25, -0.2) is 4.79 Å². The van der Waals surface area contributed by atoms with Crippen LogP contribution in [0.5, 0.6) is 5.75 Å². The Labute approximate surface area is 167 Å². The van der Waals surface area contributed by atoms with Crippen molar-refractivity contribution in [3.8, 4) is 5.75 Å². The molecule has 7 nitrogen and oxygen atoms in total. The SMILES string of the molecule is COc1ccc(CN2C(=O)NC(=O)C(=Cc3cn(C)c4ccccc34)C2=O)cc1. The Morgan fingerprint density at radius 3 is 2.48 bits per heavy atom. The molecular weight excluding hydrogens is 370 g/mol. The predicted molar refractivity (Wildman–Crippen MR) is 108 cm³/mol. The Kier molecular flexibility index (Phi) is 4.64. The number of aryl methyl sites for hydroxylation is 1. The van der Waals surface area contributed by atoms with Crippen molar-refractivity contribution in [3.63, 3.8) is 0 Å². The van der Waals surface area contributed by atoms with Crippen molar-refractivity contribution in [2.24, 2.45) is 7.05 Å². The van der Waals surface area contributed by atoms with Gasteiger partial charge in [0.05, 0.1) is 13.7 Å². The van der Waals surface area contributed by atoms with Crippen LogP contribution in [-0.2, 0) is 23.2 Å². The molecule has 4 amide bonds. The largest absolute Gasteiger partial charge is 0.497 e. The summed E-state index contributed by atoms with van der Waals surface area (Å²) >= 11 is 0. The third kappa shape index (κ3) is 3.38. The molecule has 1 saturated heterocycles. The zero-order valence-electron chi connectivity index (χ0n) is 16.0. The Balaban J connectivity index is 1.68. The molecule has 1 aliphatic heterocycles. The van der Waals surface area contributed by atoms with Gasteiger partial charge in [-0.15, -0.1) is 0 Å². The molecule has 29 heavy (non-hydrogen) atoms. The van der Waals surface area contributed by atoms with Gasteiger partial charge in [0.25, 0.3) is 11.8 Å². The number of benzene rings is 2. The first kappa shape index (κ1) is 18.5. The molecule has 0 aliphatic carbocycles. The second-order valence-electron chi connectivity index (χ2n) is 6.77. The van der Waals surface area contributed by atoms with Gasteiger partial charge >= 0.3 is 6.03 Å². The highest BCUT2D eigenvalue weighted by Gasteiger charge is 2.35. The number of ether oxygens (including phenoxy) is 1. The van der Waals surface area contributed by atoms with E-state index in [1.54, 1.807) is 31.4 Å². The lowest BCUT2D eigenvalue weighted by Gasteiger charge is -2.26. The zero-order valence-corrected chi connectivity index (χ0v) is 16.0. The van der Waals surface area contributed by atoms with Crippen LogP contribution in [0.25, 0.3) is 17.0 Å². The number of amides is 4. The highest BCUT2D eigenvalue weighted by molar-refractivity contribution is 6.31. The van der Waals surface area contributed by atoms with Crippen LogP contribution in [0.4, 0.5) is 4.79 Å². The summed E-state index contributed by atoms with van der Waals surface area (Å²) in [6, 6.07) is 14.0. The molecule has 1 N–H and O–H groups in total. The Hall–Kier alpha value is -3.87. The van der Waals surface area contributed by atoms with Crippen molar-refractivity contribution < 1.29 is 19.1 Å². The van der Waals surface area contributed by atoms with Gasteiger partial charge in [-0.3, -0.25) is 19.8 Å². The summed E-state index contributed by atoms with van der Waals surface area (Å²) in [5.74, 6) is -0.642. The van der Waals surface area contributed by atoms with E-state index < -0.39 is 17.8 Å². The van der Waals surface area contributed by atoms with E-state index >= 15 is 0 Å². The number of methoxy groups -OCH3 is 1. The van der Waals surface area contributed by atoms with Crippen LogP contribution in [-0.4, -0.2) is 34.4 Å². The van der Waals surface area contributed by atoms with Gasteiger partial charge in [0.15, 0.2) is 0 Å². The number of nitrogens with one attached hydrogen (secondary N) is 1. The predicted octanol–water partition coefficient (Wildman–Crippen LogP) is 2.85. The summed E-state index contributed by atoms with van der Waals surface area (Å²) in [5, 5.41) is 3.17. The zero-order chi connectivity index (χ0) is 20.5. The third-order valence-corrected chi connectivity index (χ3v) is 4.91. The number of para-hydroxylation sites is 1. The number of barbiturate groups is 1. The second kappa shape index (κ2) is 7.27. The van der Waals surface area contributed by atoms with Crippen LogP contribution in [0.2, 0.25) is 0 Å². The standard InChI is InChI=1S/C22H19N3O4/c1-24-13-15(17-5-3-4-6-19(17)24)11-18-20(26)23-22(28)25(21(18)27)12-14-7-9-16(29-2)10-8-14/h3-11,13H,12H2,1-2H3,(H,23,26,28). The first-order valence-electron chi connectivity index (χ1n) is 9.04. The average Bonchev–Trinajstić information content (AvgIpc) is 3.04. The van der Waals surface area contributed by atoms with Crippen LogP contribution >= 0.6 is 0 Å². The number of carbonyl (C=O) groups excluding carboxylic acids is 3. The summed E-state index contributed by atoms with van der Waals surface area (Å²) in [6.45, 7) is 0.0504. The lowest BCUT2D eigenvalue weighted by atomic mass is 10.1. The third-order valence-electron chi connectivity index (χ3n) is 4.91. The number of nitrogens with zero attached hydrogens (tertiary/aromatic N) is 2. The van der Waals surface area contributed by atoms with Gasteiger partial charge in [0.2, 0.25) is 0 Å². The smallest absolute Gasteiger partial charge is 0.331 e. The van der Waals surface area contributed by atoms with Gasteiger partial charge in [-0.05, 0) is 29.8 Å². The number of fused-ring (bicyclic) bond motifs is 1. The van der Waals surface area contributed by atoms with E-state index in [0.717, 1.165) is 26.9 Å². The number of hydrogen-bond acceptors (Lipinski definition) is 4. The number of carbonyl (C=O) groups is 3. The molecule has 0 atom stereocenters. The van der Waals surface area contributed by atoms with Crippen LogP contribution < -0.4 is 10.1 Å². The summed E-state index contributed by atoms with van der Waals surface area (Å²) in [5.41, 5.74) is 2.39. The molecule has 0 unspecified atom stereocenters. The molecule has 0 radical (unpaired) electrons. The number of hydrogen-bond donors (Lipinski definition) is 1. The van der Waals surface area contributed by atoms with Gasteiger partial charge in [-0.2, -0.15) is 0 Å². The molecule has 2 heterocycles. The fourth-order valence-corrected chi connectivity index (χ4v) is 3.39. The summed E-state index contributed by atoms with van der Waals surface area (Å²) in [6.07, 6.45) is 3.38. The minimum absolute atomic E-state index is 0.0504. The van der Waals surface area contributed by atoms with E-state index in [0.29, 0.717) is 5.75 Å². The first-order valence-corrected chi connectivity index (χ1v) is 9.04. The maximum absolute atomic E-state index is 13.0. The number of aromatic nitrogens is 1. The number of rotatable bonds is 4. The monoisotopic (exact) mass is 389 g/mol. The molecule has 0 saturated carbocycles. The van der Waals surface area contributed by atoms with Crippen molar-refractivity contribution in [2.75, 3.05) is 7.11 Å². The van der Waals surface area contributed by atoms with Crippen molar-refractivity contribution >= 4 is 34.8 Å². The quantitative estimate of drug-likeness (QED) is 0.550. The molecule has 0 bridgehead atoms. The van der Waals surface area contributed by atoms with Crippen LogP contribution in [0, 0.1) is 0 Å². The van der Waals surface area contributed by atoms with E-state index in [1.807, 2.05) is 42.1 Å². The van der Waals surface area contributed by atoms with Crippen LogP contribution in [0.3, 0.4) is 0 Å². The van der Waals surface area contributed by atoms with Crippen LogP contribution in [0.1, 0.15) is 11.1 Å². The molecule has 2 aromatic carbocycles. The summed E-state index contributed by atoms with van der Waals surface area (Å²) in [4.78, 5) is 38.6. The molecule has 1 aliphatic rings. The Bertz CT molecular complexity index is 1160. The number of imide groups is 2. The molecule has 1 aromatic heterocycles. The molecule has 146 valence electrons. The molecule has 1 fully saturated rings. The average molecular weight is 389 g/mol. The lowest BCUT2D eigenvalue weighted by Crippen LogP contribution is -2.53. The maximum atomic E-state index is 13.0. The normalized spacial score (nSPS) is 15.9. The summed E-state index contributed by atoms with van der Waals surface area (Å²) < 4.78 is 7.04. The van der Waals surface area contributed by atoms with Gasteiger partial charge < -0.3 is 9.30 Å². The maximum Gasteiger partial charge on any atom is 0.331 e. The molecular formula is C22H19N3O4. The lowest BCUT2D eigenvalue weighted by molar-refractivity contribution is -0.130. The fourth-order valence-electron chi connectivity index (χ4n) is 3.39. The molecule has 4 rings (SSSR count). The first-order chi connectivity index (χ1) is 14.0. The van der Waals surface area contributed by atoms with E-state index in [2.05, 4.69) is 5.32 Å². The molecule has 7 heteroatoms. The van der Waals surface area contributed by atoms with E-state index in [4.69, 9.17) is 4.74 Å². The van der Waals surface area contributed by atoms with E-state index in [-0.39, 0.29) is 12.1 Å². The van der Waals surface area contributed by atoms with Gasteiger partial charge in [0.1, 0.15) is 11.3 Å². The molecule has 0 spiro atoms. The van der Waals surface area contributed by atoms with E-state index in [9.17, 15) is 14.4 Å². The highest BCUT2D eigenvalue weighted by Crippen LogP contribution is 2.24.